The minimum Gasteiger partial charge on any atom is -0.392 e. The number of rotatable bonds is 14. The summed E-state index contributed by atoms with van der Waals surface area (Å²) in [6.07, 6.45) is 5.79. The molecule has 0 heterocycles. The van der Waals surface area contributed by atoms with Crippen LogP contribution in [0.25, 0.3) is 10.8 Å². The van der Waals surface area contributed by atoms with Gasteiger partial charge in [0.2, 0.25) is 0 Å². The van der Waals surface area contributed by atoms with Crippen LogP contribution >= 0.6 is 0 Å². The molecule has 0 saturated carbocycles. The standard InChI is InChI=1S/C28H40O8/c1-7-9-13-19-27(3,4)35-33-25(29)31-23-17-18-24(22-16-12-11-15-21(22)23)32-26(30)34-36-28(5,6)20-14-10-8-2/h11-12,15-18H,7-10,13-14,19-20H2,1-6H3. The third kappa shape index (κ3) is 10.0. The van der Waals surface area contributed by atoms with Gasteiger partial charge in [-0.25, -0.2) is 9.59 Å². The van der Waals surface area contributed by atoms with Crippen LogP contribution in [0.15, 0.2) is 36.4 Å². The van der Waals surface area contributed by atoms with Gasteiger partial charge in [-0.1, -0.05) is 76.6 Å². The molecule has 0 aliphatic carbocycles. The van der Waals surface area contributed by atoms with Crippen LogP contribution < -0.4 is 9.47 Å². The quantitative estimate of drug-likeness (QED) is 0.0832. The fourth-order valence-corrected chi connectivity index (χ4v) is 3.61. The lowest BCUT2D eigenvalue weighted by Crippen LogP contribution is -2.27. The van der Waals surface area contributed by atoms with Gasteiger partial charge in [0.1, 0.15) is 22.7 Å². The molecule has 0 unspecified atom stereocenters. The number of carbonyl (C=O) groups is 2. The van der Waals surface area contributed by atoms with E-state index < -0.39 is 23.5 Å². The van der Waals surface area contributed by atoms with Crippen LogP contribution in [-0.4, -0.2) is 23.5 Å². The lowest BCUT2D eigenvalue weighted by molar-refractivity contribution is -0.314. The Morgan fingerprint density at radius 1 is 0.639 bits per heavy atom. The van der Waals surface area contributed by atoms with Gasteiger partial charge in [0.05, 0.1) is 0 Å². The van der Waals surface area contributed by atoms with Gasteiger partial charge in [-0.3, -0.25) is 9.78 Å². The Hall–Kier alpha value is -2.84. The monoisotopic (exact) mass is 504 g/mol. The first-order chi connectivity index (χ1) is 17.1. The molecule has 36 heavy (non-hydrogen) atoms. The molecule has 0 aliphatic rings. The van der Waals surface area contributed by atoms with Crippen LogP contribution in [0.2, 0.25) is 0 Å². The molecule has 0 radical (unpaired) electrons. The second kappa shape index (κ2) is 14.0. The van der Waals surface area contributed by atoms with Crippen LogP contribution in [0.1, 0.15) is 92.9 Å². The maximum absolute atomic E-state index is 12.3. The van der Waals surface area contributed by atoms with Gasteiger partial charge >= 0.3 is 12.3 Å². The van der Waals surface area contributed by atoms with E-state index in [4.69, 9.17) is 29.0 Å². The average molecular weight is 505 g/mol. The number of hydrogen-bond acceptors (Lipinski definition) is 8. The Morgan fingerprint density at radius 2 is 1.03 bits per heavy atom. The Balaban J connectivity index is 2.00. The van der Waals surface area contributed by atoms with Crippen molar-refractivity contribution >= 4 is 23.1 Å². The summed E-state index contributed by atoms with van der Waals surface area (Å²) < 4.78 is 10.7. The van der Waals surface area contributed by atoms with E-state index in [2.05, 4.69) is 13.8 Å². The van der Waals surface area contributed by atoms with Crippen molar-refractivity contribution in [3.8, 4) is 11.5 Å². The van der Waals surface area contributed by atoms with E-state index in [9.17, 15) is 9.59 Å². The van der Waals surface area contributed by atoms with Gasteiger partial charge < -0.3 is 9.47 Å². The minimum atomic E-state index is -0.990. The van der Waals surface area contributed by atoms with Gasteiger partial charge in [-0.15, -0.1) is 0 Å². The SMILES string of the molecule is CCCCCC(C)(C)OOC(=O)Oc1ccc(OC(=O)OOC(C)(C)CCCCC)c2ccccc12. The molecule has 0 saturated heterocycles. The van der Waals surface area contributed by atoms with Crippen LogP contribution in [0, 0.1) is 0 Å². The maximum atomic E-state index is 12.3. The molecule has 200 valence electrons. The molecule has 8 heteroatoms. The molecule has 0 spiro atoms. The predicted molar refractivity (Wildman–Crippen MR) is 137 cm³/mol. The predicted octanol–water partition coefficient (Wildman–Crippen LogP) is 8.45. The van der Waals surface area contributed by atoms with Gasteiger partial charge in [0.25, 0.3) is 0 Å². The van der Waals surface area contributed by atoms with Crippen LogP contribution in [0.3, 0.4) is 0 Å². The van der Waals surface area contributed by atoms with E-state index in [1.165, 1.54) is 12.1 Å². The highest BCUT2D eigenvalue weighted by atomic mass is 17.2. The van der Waals surface area contributed by atoms with Gasteiger partial charge in [0, 0.05) is 10.8 Å². The highest BCUT2D eigenvalue weighted by Gasteiger charge is 2.24. The zero-order valence-corrected chi connectivity index (χ0v) is 22.4. The molecular formula is C28H40O8. The highest BCUT2D eigenvalue weighted by molar-refractivity contribution is 5.95. The lowest BCUT2D eigenvalue weighted by atomic mass is 10.0. The summed E-state index contributed by atoms with van der Waals surface area (Å²) in [6, 6.07) is 10.0. The van der Waals surface area contributed by atoms with Crippen molar-refractivity contribution in [3.63, 3.8) is 0 Å². The third-order valence-corrected chi connectivity index (χ3v) is 5.67. The van der Waals surface area contributed by atoms with Gasteiger partial charge in [-0.05, 0) is 52.7 Å². The lowest BCUT2D eigenvalue weighted by Gasteiger charge is -2.22. The Labute approximate surface area is 214 Å². The maximum Gasteiger partial charge on any atom is 0.546 e. The van der Waals surface area contributed by atoms with Crippen molar-refractivity contribution in [1.82, 2.24) is 0 Å². The number of hydrogen-bond donors (Lipinski definition) is 0. The van der Waals surface area contributed by atoms with E-state index >= 15 is 0 Å². The molecule has 2 aromatic rings. The second-order valence-corrected chi connectivity index (χ2v) is 10.1. The van der Waals surface area contributed by atoms with E-state index in [-0.39, 0.29) is 11.5 Å². The van der Waals surface area contributed by atoms with E-state index in [1.807, 2.05) is 27.7 Å². The van der Waals surface area contributed by atoms with E-state index in [0.717, 1.165) is 51.4 Å². The smallest absolute Gasteiger partial charge is 0.392 e. The van der Waals surface area contributed by atoms with Crippen molar-refractivity contribution < 1.29 is 38.6 Å². The molecule has 0 fully saturated rings. The number of benzene rings is 2. The van der Waals surface area contributed by atoms with Crippen LogP contribution in [0.4, 0.5) is 9.59 Å². The first-order valence-corrected chi connectivity index (χ1v) is 12.7. The Bertz CT molecular complexity index is 904. The molecule has 0 aromatic heterocycles. The molecular weight excluding hydrogens is 464 g/mol. The summed E-state index contributed by atoms with van der Waals surface area (Å²) >= 11 is 0. The van der Waals surface area contributed by atoms with Gasteiger partial charge in [0.15, 0.2) is 0 Å². The van der Waals surface area contributed by atoms with Crippen molar-refractivity contribution in [2.24, 2.45) is 0 Å². The molecule has 2 rings (SSSR count). The normalized spacial score (nSPS) is 11.8. The first kappa shape index (κ1) is 29.4. The molecule has 0 N–H and O–H groups in total. The minimum absolute atomic E-state index is 0.233. The highest BCUT2D eigenvalue weighted by Crippen LogP contribution is 2.34. The zero-order chi connectivity index (χ0) is 26.6. The number of carbonyl (C=O) groups excluding carboxylic acids is 2. The van der Waals surface area contributed by atoms with Gasteiger partial charge in [-0.2, -0.15) is 9.78 Å². The summed E-state index contributed by atoms with van der Waals surface area (Å²) in [4.78, 5) is 45.0. The summed E-state index contributed by atoms with van der Waals surface area (Å²) in [5, 5.41) is 1.09. The molecule has 0 atom stereocenters. The molecule has 2 aromatic carbocycles. The first-order valence-electron chi connectivity index (χ1n) is 12.7. The number of fused-ring (bicyclic) bond motifs is 1. The number of unbranched alkanes of at least 4 members (excludes halogenated alkanes) is 4. The summed E-state index contributed by atoms with van der Waals surface area (Å²) in [6.45, 7) is 11.7. The zero-order valence-electron chi connectivity index (χ0n) is 22.4. The fraction of sp³-hybridized carbons (Fsp3) is 0.571. The Kier molecular flexibility index (Phi) is 11.5. The molecule has 0 amide bonds. The van der Waals surface area contributed by atoms with Crippen molar-refractivity contribution in [1.29, 1.82) is 0 Å². The number of ether oxygens (including phenoxy) is 2. The third-order valence-electron chi connectivity index (χ3n) is 5.67. The Morgan fingerprint density at radius 3 is 1.39 bits per heavy atom. The topological polar surface area (TPSA) is 89.5 Å². The largest absolute Gasteiger partial charge is 0.546 e. The summed E-state index contributed by atoms with van der Waals surface area (Å²) in [7, 11) is 0. The summed E-state index contributed by atoms with van der Waals surface area (Å²) in [5.74, 6) is 0.467. The van der Waals surface area contributed by atoms with Crippen molar-refractivity contribution in [2.45, 2.75) is 104 Å². The second-order valence-electron chi connectivity index (χ2n) is 10.1. The van der Waals surface area contributed by atoms with E-state index in [1.54, 1.807) is 24.3 Å². The fourth-order valence-electron chi connectivity index (χ4n) is 3.61. The molecule has 0 bridgehead atoms. The summed E-state index contributed by atoms with van der Waals surface area (Å²) in [5.41, 5.74) is -1.25. The van der Waals surface area contributed by atoms with Crippen LogP contribution in [-0.2, 0) is 19.6 Å². The molecule has 8 nitrogen and oxygen atoms in total. The average Bonchev–Trinajstić information content (AvgIpc) is 2.83. The van der Waals surface area contributed by atoms with Crippen LogP contribution in [0.5, 0.6) is 11.5 Å². The molecule has 0 aliphatic heterocycles. The van der Waals surface area contributed by atoms with E-state index in [0.29, 0.717) is 10.8 Å². The van der Waals surface area contributed by atoms with Crippen molar-refractivity contribution in [2.75, 3.05) is 0 Å². The van der Waals surface area contributed by atoms with Crippen molar-refractivity contribution in [3.05, 3.63) is 36.4 Å².